The molecule has 0 unspecified atom stereocenters. The first-order chi connectivity index (χ1) is 13.1. The highest BCUT2D eigenvalue weighted by atomic mass is 16.2. The minimum absolute atomic E-state index is 0.0739. The SMILES string of the molecule is CCCCN(CCC(=O)NCCc1ccccn1)C(=O)c1cnc(C)cn1. The summed E-state index contributed by atoms with van der Waals surface area (Å²) in [4.78, 5) is 39.0. The molecule has 2 aromatic heterocycles. The lowest BCUT2D eigenvalue weighted by Gasteiger charge is -2.22. The molecule has 0 aliphatic heterocycles. The van der Waals surface area contributed by atoms with Crippen molar-refractivity contribution in [2.45, 2.75) is 39.5 Å². The molecule has 27 heavy (non-hydrogen) atoms. The van der Waals surface area contributed by atoms with Crippen LogP contribution in [0, 0.1) is 6.92 Å². The van der Waals surface area contributed by atoms with Crippen LogP contribution in [0.2, 0.25) is 0 Å². The largest absolute Gasteiger partial charge is 0.356 e. The van der Waals surface area contributed by atoms with Gasteiger partial charge in [0.2, 0.25) is 5.91 Å². The van der Waals surface area contributed by atoms with Crippen molar-refractivity contribution in [3.05, 3.63) is 53.9 Å². The van der Waals surface area contributed by atoms with Crippen LogP contribution in [-0.2, 0) is 11.2 Å². The van der Waals surface area contributed by atoms with E-state index in [9.17, 15) is 9.59 Å². The molecule has 7 nitrogen and oxygen atoms in total. The van der Waals surface area contributed by atoms with Crippen molar-refractivity contribution < 1.29 is 9.59 Å². The van der Waals surface area contributed by atoms with Crippen LogP contribution in [0.4, 0.5) is 0 Å². The van der Waals surface area contributed by atoms with E-state index in [1.807, 2.05) is 25.1 Å². The van der Waals surface area contributed by atoms with Gasteiger partial charge in [-0.3, -0.25) is 19.6 Å². The number of unbranched alkanes of at least 4 members (excludes halogenated alkanes) is 1. The minimum atomic E-state index is -0.183. The Hall–Kier alpha value is -2.83. The van der Waals surface area contributed by atoms with Crippen molar-refractivity contribution in [2.75, 3.05) is 19.6 Å². The van der Waals surface area contributed by atoms with Crippen molar-refractivity contribution in [1.29, 1.82) is 0 Å². The first-order valence-corrected chi connectivity index (χ1v) is 9.34. The van der Waals surface area contributed by atoms with E-state index < -0.39 is 0 Å². The van der Waals surface area contributed by atoms with Crippen LogP contribution >= 0.6 is 0 Å². The average Bonchev–Trinajstić information content (AvgIpc) is 2.69. The lowest BCUT2D eigenvalue weighted by molar-refractivity contribution is -0.121. The molecule has 2 heterocycles. The summed E-state index contributed by atoms with van der Waals surface area (Å²) in [5.74, 6) is -0.257. The lowest BCUT2D eigenvalue weighted by Crippen LogP contribution is -2.36. The lowest BCUT2D eigenvalue weighted by atomic mass is 10.2. The van der Waals surface area contributed by atoms with Gasteiger partial charge in [-0.05, 0) is 25.5 Å². The van der Waals surface area contributed by atoms with E-state index in [0.717, 1.165) is 24.2 Å². The molecule has 144 valence electrons. The van der Waals surface area contributed by atoms with Gasteiger partial charge in [-0.1, -0.05) is 19.4 Å². The molecular weight excluding hydrogens is 342 g/mol. The minimum Gasteiger partial charge on any atom is -0.356 e. The van der Waals surface area contributed by atoms with Gasteiger partial charge in [0.1, 0.15) is 5.69 Å². The summed E-state index contributed by atoms with van der Waals surface area (Å²) >= 11 is 0. The highest BCUT2D eigenvalue weighted by Gasteiger charge is 2.18. The van der Waals surface area contributed by atoms with Crippen LogP contribution in [0.25, 0.3) is 0 Å². The molecule has 0 aromatic carbocycles. The van der Waals surface area contributed by atoms with Gasteiger partial charge in [-0.15, -0.1) is 0 Å². The van der Waals surface area contributed by atoms with Gasteiger partial charge in [-0.2, -0.15) is 0 Å². The molecule has 0 aliphatic carbocycles. The average molecular weight is 369 g/mol. The second-order valence-electron chi connectivity index (χ2n) is 6.36. The van der Waals surface area contributed by atoms with Crippen molar-refractivity contribution >= 4 is 11.8 Å². The molecule has 0 fully saturated rings. The topological polar surface area (TPSA) is 88.1 Å². The van der Waals surface area contributed by atoms with Crippen molar-refractivity contribution in [3.63, 3.8) is 0 Å². The van der Waals surface area contributed by atoms with E-state index in [-0.39, 0.29) is 18.2 Å². The number of hydrogen-bond acceptors (Lipinski definition) is 5. The number of nitrogens with zero attached hydrogens (tertiary/aromatic N) is 4. The number of carbonyl (C=O) groups excluding carboxylic acids is 2. The third-order valence-corrected chi connectivity index (χ3v) is 4.11. The number of pyridine rings is 1. The summed E-state index contributed by atoms with van der Waals surface area (Å²) in [7, 11) is 0. The highest BCUT2D eigenvalue weighted by Crippen LogP contribution is 2.05. The molecule has 7 heteroatoms. The Kier molecular flexibility index (Phi) is 8.35. The van der Waals surface area contributed by atoms with Gasteiger partial charge in [0.25, 0.3) is 5.91 Å². The third kappa shape index (κ3) is 7.13. The molecule has 2 rings (SSSR count). The molecule has 0 bridgehead atoms. The summed E-state index contributed by atoms with van der Waals surface area (Å²) < 4.78 is 0. The quantitative estimate of drug-likeness (QED) is 0.693. The highest BCUT2D eigenvalue weighted by molar-refractivity contribution is 5.92. The predicted molar refractivity (Wildman–Crippen MR) is 103 cm³/mol. The van der Waals surface area contributed by atoms with Gasteiger partial charge in [0, 0.05) is 50.6 Å². The molecule has 2 aromatic rings. The van der Waals surface area contributed by atoms with Crippen LogP contribution in [0.5, 0.6) is 0 Å². The Morgan fingerprint density at radius 2 is 1.96 bits per heavy atom. The molecular formula is C20H27N5O2. The second-order valence-corrected chi connectivity index (χ2v) is 6.36. The number of carbonyl (C=O) groups is 2. The fourth-order valence-electron chi connectivity index (χ4n) is 2.53. The van der Waals surface area contributed by atoms with E-state index in [4.69, 9.17) is 0 Å². The molecule has 0 atom stereocenters. The number of aromatic nitrogens is 3. The zero-order valence-corrected chi connectivity index (χ0v) is 16.0. The van der Waals surface area contributed by atoms with Crippen LogP contribution in [0.1, 0.15) is 48.1 Å². The summed E-state index contributed by atoms with van der Waals surface area (Å²) in [6, 6.07) is 5.72. The standard InChI is InChI=1S/C20H27N5O2/c1-3-4-12-25(20(27)18-15-23-16(2)14-24-18)13-9-19(26)22-11-8-17-7-5-6-10-21-17/h5-7,10,14-15H,3-4,8-9,11-13H2,1-2H3,(H,22,26). The Labute approximate surface area is 160 Å². The Morgan fingerprint density at radius 1 is 1.11 bits per heavy atom. The summed E-state index contributed by atoms with van der Waals surface area (Å²) in [6.07, 6.45) is 7.61. The number of hydrogen-bond donors (Lipinski definition) is 1. The number of nitrogens with one attached hydrogen (secondary N) is 1. The third-order valence-electron chi connectivity index (χ3n) is 4.11. The van der Waals surface area contributed by atoms with Gasteiger partial charge >= 0.3 is 0 Å². The fraction of sp³-hybridized carbons (Fsp3) is 0.450. The van der Waals surface area contributed by atoms with Gasteiger partial charge in [-0.25, -0.2) is 4.98 Å². The van der Waals surface area contributed by atoms with Gasteiger partial charge in [0.05, 0.1) is 11.9 Å². The van der Waals surface area contributed by atoms with E-state index in [0.29, 0.717) is 31.7 Å². The first kappa shape index (κ1) is 20.5. The van der Waals surface area contributed by atoms with E-state index in [2.05, 4.69) is 27.2 Å². The maximum absolute atomic E-state index is 12.7. The second kappa shape index (κ2) is 11.0. The van der Waals surface area contributed by atoms with Gasteiger partial charge < -0.3 is 10.2 Å². The Bertz CT molecular complexity index is 719. The monoisotopic (exact) mass is 369 g/mol. The Morgan fingerprint density at radius 3 is 2.63 bits per heavy atom. The number of rotatable bonds is 10. The maximum Gasteiger partial charge on any atom is 0.274 e. The molecule has 0 aliphatic rings. The maximum atomic E-state index is 12.7. The smallest absolute Gasteiger partial charge is 0.274 e. The molecule has 1 N–H and O–H groups in total. The van der Waals surface area contributed by atoms with Crippen molar-refractivity contribution in [3.8, 4) is 0 Å². The normalized spacial score (nSPS) is 10.4. The fourth-order valence-corrected chi connectivity index (χ4v) is 2.53. The number of aryl methyl sites for hydroxylation is 1. The van der Waals surface area contributed by atoms with E-state index >= 15 is 0 Å². The summed E-state index contributed by atoms with van der Waals surface area (Å²) in [5.41, 5.74) is 2.02. The summed E-state index contributed by atoms with van der Waals surface area (Å²) in [5, 5.41) is 2.88. The van der Waals surface area contributed by atoms with Crippen molar-refractivity contribution in [1.82, 2.24) is 25.2 Å². The zero-order chi connectivity index (χ0) is 19.5. The van der Waals surface area contributed by atoms with Crippen molar-refractivity contribution in [2.24, 2.45) is 0 Å². The van der Waals surface area contributed by atoms with Crippen LogP contribution in [0.3, 0.4) is 0 Å². The van der Waals surface area contributed by atoms with Gasteiger partial charge in [0.15, 0.2) is 0 Å². The summed E-state index contributed by atoms with van der Waals surface area (Å²) in [6.45, 7) is 5.39. The first-order valence-electron chi connectivity index (χ1n) is 9.34. The van der Waals surface area contributed by atoms with Crippen LogP contribution < -0.4 is 5.32 Å². The molecule has 0 saturated heterocycles. The van der Waals surface area contributed by atoms with E-state index in [1.165, 1.54) is 6.20 Å². The molecule has 0 radical (unpaired) electrons. The predicted octanol–water partition coefficient (Wildman–Crippen LogP) is 2.17. The molecule has 0 saturated carbocycles. The zero-order valence-electron chi connectivity index (χ0n) is 16.0. The number of amides is 2. The van der Waals surface area contributed by atoms with E-state index in [1.54, 1.807) is 17.3 Å². The van der Waals surface area contributed by atoms with Crippen LogP contribution in [-0.4, -0.2) is 51.3 Å². The van der Waals surface area contributed by atoms with Crippen LogP contribution in [0.15, 0.2) is 36.8 Å². The molecule has 0 spiro atoms. The molecule has 2 amide bonds. The Balaban J connectivity index is 1.82.